The fourth-order valence-corrected chi connectivity index (χ4v) is 3.42. The molecule has 0 bridgehead atoms. The van der Waals surface area contributed by atoms with E-state index in [1.807, 2.05) is 11.0 Å². The van der Waals surface area contributed by atoms with Crippen LogP contribution in [0.1, 0.15) is 0 Å². The van der Waals surface area contributed by atoms with Crippen LogP contribution in [0.2, 0.25) is 5.02 Å². The molecule has 1 aromatic carbocycles. The van der Waals surface area contributed by atoms with Crippen molar-refractivity contribution in [1.29, 1.82) is 0 Å². The number of nitrogens with one attached hydrogen (secondary N) is 1. The van der Waals surface area contributed by atoms with Gasteiger partial charge >= 0.3 is 6.03 Å². The number of hydrogen-bond donors (Lipinski definition) is 1. The van der Waals surface area contributed by atoms with E-state index in [4.69, 9.17) is 11.6 Å². The van der Waals surface area contributed by atoms with Crippen molar-refractivity contribution in [2.45, 2.75) is 0 Å². The fourth-order valence-electron chi connectivity index (χ4n) is 3.22. The van der Waals surface area contributed by atoms with Crippen LogP contribution in [-0.2, 0) is 4.79 Å². The van der Waals surface area contributed by atoms with Gasteiger partial charge in [-0.2, -0.15) is 0 Å². The molecule has 0 saturated carbocycles. The molecule has 1 aromatic rings. The topological polar surface area (TPSA) is 59.1 Å². The van der Waals surface area contributed by atoms with Crippen molar-refractivity contribution in [2.75, 3.05) is 71.3 Å². The van der Waals surface area contributed by atoms with Gasteiger partial charge in [0.05, 0.1) is 6.54 Å². The maximum Gasteiger partial charge on any atom is 0.321 e. The lowest BCUT2D eigenvalue weighted by Gasteiger charge is -2.37. The van der Waals surface area contributed by atoms with Gasteiger partial charge in [0, 0.05) is 63.1 Å². The molecule has 2 aliphatic heterocycles. The third kappa shape index (κ3) is 5.09. The Kier molecular flexibility index (Phi) is 6.34. The SMILES string of the molecule is CN1CCN(C(=O)CN2CCN(C(=O)Nc3cccc(Cl)c3)CC2)CC1. The zero-order valence-electron chi connectivity index (χ0n) is 15.2. The summed E-state index contributed by atoms with van der Waals surface area (Å²) in [6, 6.07) is 6.99. The van der Waals surface area contributed by atoms with Gasteiger partial charge in [0.1, 0.15) is 0 Å². The number of benzene rings is 1. The van der Waals surface area contributed by atoms with Crippen LogP contribution in [0.15, 0.2) is 24.3 Å². The Bertz CT molecular complexity index is 640. The molecule has 8 heteroatoms. The molecule has 2 fully saturated rings. The van der Waals surface area contributed by atoms with Gasteiger partial charge in [0.15, 0.2) is 0 Å². The van der Waals surface area contributed by atoms with Crippen molar-refractivity contribution >= 4 is 29.2 Å². The number of amides is 3. The van der Waals surface area contributed by atoms with Crippen LogP contribution >= 0.6 is 11.6 Å². The third-order valence-corrected chi connectivity index (χ3v) is 5.19. The van der Waals surface area contributed by atoms with E-state index in [2.05, 4.69) is 22.2 Å². The van der Waals surface area contributed by atoms with E-state index in [9.17, 15) is 9.59 Å². The van der Waals surface area contributed by atoms with E-state index in [0.29, 0.717) is 43.4 Å². The maximum atomic E-state index is 12.4. The average molecular weight is 380 g/mol. The number of hydrogen-bond acceptors (Lipinski definition) is 4. The van der Waals surface area contributed by atoms with Crippen molar-refractivity contribution in [1.82, 2.24) is 19.6 Å². The summed E-state index contributed by atoms with van der Waals surface area (Å²) >= 11 is 5.94. The van der Waals surface area contributed by atoms with E-state index < -0.39 is 0 Å². The van der Waals surface area contributed by atoms with E-state index in [0.717, 1.165) is 26.2 Å². The lowest BCUT2D eigenvalue weighted by molar-refractivity contribution is -0.134. The lowest BCUT2D eigenvalue weighted by atomic mass is 10.3. The zero-order chi connectivity index (χ0) is 18.5. The molecule has 3 rings (SSSR count). The minimum atomic E-state index is -0.127. The number of halogens is 1. The number of urea groups is 1. The number of carbonyl (C=O) groups is 2. The summed E-state index contributed by atoms with van der Waals surface area (Å²) in [7, 11) is 2.08. The summed E-state index contributed by atoms with van der Waals surface area (Å²) in [5.74, 6) is 0.190. The summed E-state index contributed by atoms with van der Waals surface area (Å²) < 4.78 is 0. The molecule has 0 unspecified atom stereocenters. The average Bonchev–Trinajstić information content (AvgIpc) is 2.63. The van der Waals surface area contributed by atoms with Crippen molar-refractivity contribution in [3.05, 3.63) is 29.3 Å². The molecule has 0 spiro atoms. The molecule has 142 valence electrons. The highest BCUT2D eigenvalue weighted by molar-refractivity contribution is 6.30. The number of rotatable bonds is 3. The minimum absolute atomic E-state index is 0.127. The van der Waals surface area contributed by atoms with Crippen LogP contribution in [0.3, 0.4) is 0 Å². The predicted octanol–water partition coefficient (Wildman–Crippen LogP) is 1.26. The second-order valence-corrected chi connectivity index (χ2v) is 7.32. The van der Waals surface area contributed by atoms with Gasteiger partial charge in [0.2, 0.25) is 5.91 Å². The molecule has 0 atom stereocenters. The monoisotopic (exact) mass is 379 g/mol. The number of likely N-dealkylation sites (N-methyl/N-ethyl adjacent to an activating group) is 1. The number of piperazine rings is 2. The Morgan fingerprint density at radius 3 is 2.31 bits per heavy atom. The number of carbonyl (C=O) groups excluding carboxylic acids is 2. The second kappa shape index (κ2) is 8.70. The summed E-state index contributed by atoms with van der Waals surface area (Å²) in [4.78, 5) is 32.9. The Hall–Kier alpha value is -1.83. The van der Waals surface area contributed by atoms with Crippen LogP contribution < -0.4 is 5.32 Å². The minimum Gasteiger partial charge on any atom is -0.339 e. The van der Waals surface area contributed by atoms with E-state index in [1.54, 1.807) is 23.1 Å². The Morgan fingerprint density at radius 2 is 1.65 bits per heavy atom. The first-order valence-electron chi connectivity index (χ1n) is 9.01. The highest BCUT2D eigenvalue weighted by Crippen LogP contribution is 2.16. The van der Waals surface area contributed by atoms with Gasteiger partial charge < -0.3 is 20.0 Å². The molecule has 2 saturated heterocycles. The number of nitrogens with zero attached hydrogens (tertiary/aromatic N) is 4. The Labute approximate surface area is 159 Å². The molecular weight excluding hydrogens is 354 g/mol. The summed E-state index contributed by atoms with van der Waals surface area (Å²) in [5, 5.41) is 3.46. The third-order valence-electron chi connectivity index (χ3n) is 4.95. The van der Waals surface area contributed by atoms with Crippen molar-refractivity contribution in [3.8, 4) is 0 Å². The summed E-state index contributed by atoms with van der Waals surface area (Å²) in [6.45, 7) is 6.56. The smallest absolute Gasteiger partial charge is 0.321 e. The normalized spacial score (nSPS) is 19.5. The molecule has 3 amide bonds. The van der Waals surface area contributed by atoms with Gasteiger partial charge in [-0.3, -0.25) is 9.69 Å². The molecule has 7 nitrogen and oxygen atoms in total. The van der Waals surface area contributed by atoms with Crippen molar-refractivity contribution in [3.63, 3.8) is 0 Å². The first-order chi connectivity index (χ1) is 12.5. The number of anilines is 1. The molecular formula is C18H26ClN5O2. The fraction of sp³-hybridized carbons (Fsp3) is 0.556. The zero-order valence-corrected chi connectivity index (χ0v) is 15.9. The predicted molar refractivity (Wildman–Crippen MR) is 103 cm³/mol. The van der Waals surface area contributed by atoms with Crippen LogP contribution in [0.4, 0.5) is 10.5 Å². The van der Waals surface area contributed by atoms with Gasteiger partial charge in [-0.15, -0.1) is 0 Å². The molecule has 0 aliphatic carbocycles. The van der Waals surface area contributed by atoms with E-state index >= 15 is 0 Å². The van der Waals surface area contributed by atoms with E-state index in [1.165, 1.54) is 0 Å². The molecule has 0 aromatic heterocycles. The highest BCUT2D eigenvalue weighted by Gasteiger charge is 2.25. The largest absolute Gasteiger partial charge is 0.339 e. The highest BCUT2D eigenvalue weighted by atomic mass is 35.5. The van der Waals surface area contributed by atoms with Crippen molar-refractivity contribution < 1.29 is 9.59 Å². The first kappa shape index (κ1) is 18.9. The van der Waals surface area contributed by atoms with Crippen LogP contribution in [0, 0.1) is 0 Å². The maximum absolute atomic E-state index is 12.4. The van der Waals surface area contributed by atoms with Crippen LogP contribution in [0.5, 0.6) is 0 Å². The van der Waals surface area contributed by atoms with Crippen LogP contribution in [0.25, 0.3) is 0 Å². The van der Waals surface area contributed by atoms with Crippen LogP contribution in [-0.4, -0.2) is 97.5 Å². The van der Waals surface area contributed by atoms with Gasteiger partial charge in [0.25, 0.3) is 0 Å². The molecule has 2 aliphatic rings. The van der Waals surface area contributed by atoms with Gasteiger partial charge in [-0.1, -0.05) is 17.7 Å². The molecule has 2 heterocycles. The van der Waals surface area contributed by atoms with E-state index in [-0.39, 0.29) is 11.9 Å². The van der Waals surface area contributed by atoms with Crippen molar-refractivity contribution in [2.24, 2.45) is 0 Å². The molecule has 26 heavy (non-hydrogen) atoms. The summed E-state index contributed by atoms with van der Waals surface area (Å²) in [6.07, 6.45) is 0. The first-order valence-corrected chi connectivity index (χ1v) is 9.39. The second-order valence-electron chi connectivity index (χ2n) is 6.89. The molecule has 1 N–H and O–H groups in total. The quantitative estimate of drug-likeness (QED) is 0.859. The van der Waals surface area contributed by atoms with Gasteiger partial charge in [-0.25, -0.2) is 4.79 Å². The standard InChI is InChI=1S/C18H26ClN5O2/c1-21-5-9-23(10-6-21)17(25)14-22-7-11-24(12-8-22)18(26)20-16-4-2-3-15(19)13-16/h2-4,13H,5-12,14H2,1H3,(H,20,26). The molecule has 0 radical (unpaired) electrons. The summed E-state index contributed by atoms with van der Waals surface area (Å²) in [5.41, 5.74) is 0.690. The Balaban J connectivity index is 1.42. The Morgan fingerprint density at radius 1 is 1.00 bits per heavy atom. The lowest BCUT2D eigenvalue weighted by Crippen LogP contribution is -2.54. The van der Waals surface area contributed by atoms with Gasteiger partial charge in [-0.05, 0) is 25.2 Å².